The van der Waals surface area contributed by atoms with E-state index in [0.29, 0.717) is 0 Å². The zero-order valence-electron chi connectivity index (χ0n) is 5.68. The van der Waals surface area contributed by atoms with E-state index >= 15 is 0 Å². The van der Waals surface area contributed by atoms with Crippen LogP contribution in [0.15, 0.2) is 11.7 Å². The van der Waals surface area contributed by atoms with Crippen molar-refractivity contribution < 1.29 is 31.1 Å². The van der Waals surface area contributed by atoms with Crippen LogP contribution in [0.3, 0.4) is 0 Å². The molecule has 0 aromatic carbocycles. The molecule has 13 heavy (non-hydrogen) atoms. The lowest BCUT2D eigenvalue weighted by molar-refractivity contribution is -0.245. The average molecular weight is 202 g/mol. The molecule has 0 aromatic rings. The Morgan fingerprint density at radius 3 is 1.38 bits per heavy atom. The third kappa shape index (κ3) is 0.318. The molecule has 0 spiro atoms. The summed E-state index contributed by atoms with van der Waals surface area (Å²) in [4.78, 5) is 0. The molecule has 7 heteroatoms. The lowest BCUT2D eigenvalue weighted by Crippen LogP contribution is -2.80. The van der Waals surface area contributed by atoms with Gasteiger partial charge in [-0.05, 0) is 0 Å². The Balaban J connectivity index is 2.25. The maximum absolute atomic E-state index is 13.0. The molecule has 1 aliphatic heterocycles. The molecule has 0 radical (unpaired) electrons. The minimum atomic E-state index is -3.93. The van der Waals surface area contributed by atoms with Crippen molar-refractivity contribution in [2.24, 2.45) is 0 Å². The molecule has 2 fully saturated rings. The van der Waals surface area contributed by atoms with Crippen LogP contribution >= 0.6 is 0 Å². The molecule has 0 aromatic heterocycles. The zero-order chi connectivity index (χ0) is 9.86. The molecule has 3 aliphatic rings. The first-order valence-electron chi connectivity index (χ1n) is 3.29. The summed E-state index contributed by atoms with van der Waals surface area (Å²) < 4.78 is 79.6. The van der Waals surface area contributed by atoms with Gasteiger partial charge >= 0.3 is 11.7 Å². The van der Waals surface area contributed by atoms with Gasteiger partial charge in [-0.25, -0.2) is 26.3 Å². The smallest absolute Gasteiger partial charge is 0.293 e. The van der Waals surface area contributed by atoms with Gasteiger partial charge in [-0.2, -0.15) is 0 Å². The van der Waals surface area contributed by atoms with Gasteiger partial charge in [0, 0.05) is 0 Å². The van der Waals surface area contributed by atoms with Crippen LogP contribution in [0.2, 0.25) is 0 Å². The lowest BCUT2D eigenvalue weighted by atomic mass is 9.56. The predicted octanol–water partition coefficient (Wildman–Crippen LogP) is 1.94. The van der Waals surface area contributed by atoms with Gasteiger partial charge in [-0.1, -0.05) is 0 Å². The normalized spacial score (nSPS) is 67.8. The summed E-state index contributed by atoms with van der Waals surface area (Å²) in [5.41, 5.74) is -7.86. The monoisotopic (exact) mass is 202 g/mol. The summed E-state index contributed by atoms with van der Waals surface area (Å²) in [6, 6.07) is 0. The van der Waals surface area contributed by atoms with Crippen LogP contribution < -0.4 is 0 Å². The first kappa shape index (κ1) is 7.66. The number of fused-ring (bicyclic) bond motifs is 4. The van der Waals surface area contributed by atoms with Crippen molar-refractivity contribution >= 4 is 0 Å². The van der Waals surface area contributed by atoms with Gasteiger partial charge in [-0.3, -0.25) is 4.74 Å². The van der Waals surface area contributed by atoms with Gasteiger partial charge in [0.15, 0.2) is 11.7 Å². The standard InChI is InChI=1S/C6F6O/c7-1-2(8)4(10)3(1,9)5(11)6(4,12)13-5. The van der Waals surface area contributed by atoms with Gasteiger partial charge in [0.1, 0.15) is 0 Å². The number of rotatable bonds is 0. The third-order valence-electron chi connectivity index (χ3n) is 2.81. The molecule has 0 N–H and O–H groups in total. The predicted molar refractivity (Wildman–Crippen MR) is 25.7 cm³/mol. The molecular formula is C6F6O. The Bertz CT molecular complexity index is 347. The van der Waals surface area contributed by atoms with Crippen molar-refractivity contribution in [3.8, 4) is 0 Å². The molecule has 72 valence electrons. The number of hydrogen-bond acceptors (Lipinski definition) is 1. The molecular weight excluding hydrogens is 202 g/mol. The van der Waals surface area contributed by atoms with E-state index in [1.54, 1.807) is 0 Å². The maximum atomic E-state index is 13.0. The van der Waals surface area contributed by atoms with Crippen LogP contribution in [-0.4, -0.2) is 23.0 Å². The molecule has 4 unspecified atom stereocenters. The van der Waals surface area contributed by atoms with E-state index in [-0.39, 0.29) is 0 Å². The molecule has 1 nitrogen and oxygen atoms in total. The molecule has 4 atom stereocenters. The molecule has 3 rings (SSSR count). The van der Waals surface area contributed by atoms with Gasteiger partial charge in [0.25, 0.3) is 11.3 Å². The molecule has 2 aliphatic carbocycles. The minimum absolute atomic E-state index is 2.26. The number of alkyl halides is 4. The summed E-state index contributed by atoms with van der Waals surface area (Å²) in [6.45, 7) is 0. The van der Waals surface area contributed by atoms with Crippen molar-refractivity contribution in [3.05, 3.63) is 11.7 Å². The fraction of sp³-hybridized carbons (Fsp3) is 0.667. The Labute approximate surface area is 67.0 Å². The summed E-state index contributed by atoms with van der Waals surface area (Å²) in [5, 5.41) is 0. The van der Waals surface area contributed by atoms with Crippen molar-refractivity contribution in [1.29, 1.82) is 0 Å². The summed E-state index contributed by atoms with van der Waals surface area (Å²) in [5.74, 6) is -11.9. The Hall–Kier alpha value is -0.720. The molecule has 1 saturated carbocycles. The molecule has 1 heterocycles. The highest BCUT2D eigenvalue weighted by Gasteiger charge is 3.15. The third-order valence-corrected chi connectivity index (χ3v) is 2.81. The van der Waals surface area contributed by atoms with Crippen LogP contribution in [0, 0.1) is 0 Å². The summed E-state index contributed by atoms with van der Waals surface area (Å²) >= 11 is 0. The van der Waals surface area contributed by atoms with Crippen molar-refractivity contribution in [3.63, 3.8) is 0 Å². The highest BCUT2D eigenvalue weighted by atomic mass is 19.2. The second-order valence-electron chi connectivity index (χ2n) is 3.24. The lowest BCUT2D eigenvalue weighted by Gasteiger charge is -2.51. The van der Waals surface area contributed by atoms with Crippen molar-refractivity contribution in [2.45, 2.75) is 23.0 Å². The second-order valence-corrected chi connectivity index (χ2v) is 3.24. The highest BCUT2D eigenvalue weighted by molar-refractivity contribution is 5.62. The first-order chi connectivity index (χ1) is 5.77. The fourth-order valence-corrected chi connectivity index (χ4v) is 1.96. The van der Waals surface area contributed by atoms with E-state index in [1.165, 1.54) is 0 Å². The average Bonchev–Trinajstić information content (AvgIpc) is 2.64. The number of epoxide rings is 1. The second kappa shape index (κ2) is 1.30. The fourth-order valence-electron chi connectivity index (χ4n) is 1.96. The topological polar surface area (TPSA) is 12.5 Å². The highest BCUT2D eigenvalue weighted by Crippen LogP contribution is 2.87. The Morgan fingerprint density at radius 2 is 1.08 bits per heavy atom. The van der Waals surface area contributed by atoms with E-state index in [4.69, 9.17) is 0 Å². The SMILES string of the molecule is FC1=C(F)C2(F)C3(F)OC3(F)C12F. The van der Waals surface area contributed by atoms with Gasteiger partial charge in [-0.15, -0.1) is 0 Å². The van der Waals surface area contributed by atoms with Crippen molar-refractivity contribution in [1.82, 2.24) is 0 Å². The van der Waals surface area contributed by atoms with E-state index < -0.39 is 34.7 Å². The molecule has 0 bridgehead atoms. The Kier molecular flexibility index (Phi) is 0.766. The zero-order valence-corrected chi connectivity index (χ0v) is 5.68. The van der Waals surface area contributed by atoms with Gasteiger partial charge in [0.2, 0.25) is 0 Å². The van der Waals surface area contributed by atoms with Crippen LogP contribution in [0.4, 0.5) is 26.3 Å². The van der Waals surface area contributed by atoms with Crippen LogP contribution in [-0.2, 0) is 4.74 Å². The largest absolute Gasteiger partial charge is 0.320 e. The van der Waals surface area contributed by atoms with E-state index in [2.05, 4.69) is 4.74 Å². The quantitative estimate of drug-likeness (QED) is 0.432. The van der Waals surface area contributed by atoms with E-state index in [0.717, 1.165) is 0 Å². The van der Waals surface area contributed by atoms with Gasteiger partial charge < -0.3 is 0 Å². The van der Waals surface area contributed by atoms with E-state index in [1.807, 2.05) is 0 Å². The molecule has 1 saturated heterocycles. The minimum Gasteiger partial charge on any atom is -0.293 e. The van der Waals surface area contributed by atoms with Gasteiger partial charge in [0.05, 0.1) is 0 Å². The number of halogens is 6. The Morgan fingerprint density at radius 1 is 0.769 bits per heavy atom. The maximum Gasteiger partial charge on any atom is 0.320 e. The summed E-state index contributed by atoms with van der Waals surface area (Å²) in [7, 11) is 0. The number of ether oxygens (including phenoxy) is 1. The van der Waals surface area contributed by atoms with Crippen LogP contribution in [0.5, 0.6) is 0 Å². The first-order valence-corrected chi connectivity index (χ1v) is 3.29. The molecule has 0 amide bonds. The summed E-state index contributed by atoms with van der Waals surface area (Å²) in [6.07, 6.45) is 0. The van der Waals surface area contributed by atoms with Crippen LogP contribution in [0.1, 0.15) is 0 Å². The van der Waals surface area contributed by atoms with E-state index in [9.17, 15) is 26.3 Å². The van der Waals surface area contributed by atoms with Crippen LogP contribution in [0.25, 0.3) is 0 Å². The van der Waals surface area contributed by atoms with Crippen molar-refractivity contribution in [2.75, 3.05) is 0 Å². The number of hydrogen-bond donors (Lipinski definition) is 0.